The molecule has 7 heteroatoms. The quantitative estimate of drug-likeness (QED) is 0.881. The van der Waals surface area contributed by atoms with Crippen molar-refractivity contribution in [3.05, 3.63) is 63.3 Å². The third-order valence-corrected chi connectivity index (χ3v) is 4.81. The van der Waals surface area contributed by atoms with Gasteiger partial charge in [-0.15, -0.1) is 0 Å². The largest absolute Gasteiger partial charge is 0.240 e. The van der Waals surface area contributed by atoms with E-state index in [2.05, 4.69) is 20.7 Å². The van der Waals surface area contributed by atoms with Gasteiger partial charge in [-0.2, -0.15) is 0 Å². The van der Waals surface area contributed by atoms with Crippen molar-refractivity contribution in [3.63, 3.8) is 0 Å². The Hall–Kier alpha value is -0.950. The number of nitrogens with one attached hydrogen (secondary N) is 1. The molecule has 0 aliphatic carbocycles. The van der Waals surface area contributed by atoms with Crippen LogP contribution in [0.1, 0.15) is 5.56 Å². The Labute approximate surface area is 130 Å². The van der Waals surface area contributed by atoms with Crippen LogP contribution in [0, 0.1) is 5.82 Å². The molecule has 106 valence electrons. The fourth-order valence-corrected chi connectivity index (χ4v) is 3.01. The minimum absolute atomic E-state index is 0.0367. The van der Waals surface area contributed by atoms with Gasteiger partial charge in [-0.25, -0.2) is 17.5 Å². The van der Waals surface area contributed by atoms with Gasteiger partial charge in [0.2, 0.25) is 10.0 Å². The van der Waals surface area contributed by atoms with E-state index in [0.717, 1.165) is 4.47 Å². The highest BCUT2D eigenvalue weighted by molar-refractivity contribution is 9.10. The van der Waals surface area contributed by atoms with Crippen molar-refractivity contribution in [2.24, 2.45) is 0 Å². The zero-order valence-corrected chi connectivity index (χ0v) is 13.3. The lowest BCUT2D eigenvalue weighted by molar-refractivity contribution is 0.581. The molecule has 0 radical (unpaired) electrons. The summed E-state index contributed by atoms with van der Waals surface area (Å²) in [6.45, 7) is 0.0401. The Morgan fingerprint density at radius 1 is 1.15 bits per heavy atom. The zero-order valence-electron chi connectivity index (χ0n) is 10.1. The number of hydrogen-bond acceptors (Lipinski definition) is 2. The van der Waals surface area contributed by atoms with E-state index in [1.807, 2.05) is 0 Å². The average molecular weight is 379 g/mol. The molecule has 0 aliphatic heterocycles. The summed E-state index contributed by atoms with van der Waals surface area (Å²) in [7, 11) is -3.61. The van der Waals surface area contributed by atoms with E-state index in [9.17, 15) is 12.8 Å². The molecule has 0 spiro atoms. The lowest BCUT2D eigenvalue weighted by Crippen LogP contribution is -2.23. The van der Waals surface area contributed by atoms with Crippen LogP contribution >= 0.6 is 27.5 Å². The third kappa shape index (κ3) is 3.79. The van der Waals surface area contributed by atoms with E-state index in [4.69, 9.17) is 11.6 Å². The van der Waals surface area contributed by atoms with Crippen molar-refractivity contribution in [2.75, 3.05) is 0 Å². The summed E-state index contributed by atoms with van der Waals surface area (Å²) >= 11 is 8.88. The van der Waals surface area contributed by atoms with Gasteiger partial charge >= 0.3 is 0 Å². The SMILES string of the molecule is O=S(=O)(NCc1ccc(F)c(Cl)c1)c1ccc(Br)cc1. The molecule has 0 atom stereocenters. The Kier molecular flexibility index (Phi) is 4.80. The first-order chi connectivity index (χ1) is 9.38. The first kappa shape index (κ1) is 15.4. The molecule has 1 N–H and O–H groups in total. The van der Waals surface area contributed by atoms with Crippen LogP contribution in [0.4, 0.5) is 4.39 Å². The van der Waals surface area contributed by atoms with Gasteiger partial charge in [0, 0.05) is 11.0 Å². The van der Waals surface area contributed by atoms with Crippen molar-refractivity contribution >= 4 is 37.6 Å². The number of halogens is 3. The molecule has 0 aromatic heterocycles. The van der Waals surface area contributed by atoms with E-state index in [-0.39, 0.29) is 16.5 Å². The predicted molar refractivity (Wildman–Crippen MR) is 79.6 cm³/mol. The Bertz CT molecular complexity index is 720. The summed E-state index contributed by atoms with van der Waals surface area (Å²) in [4.78, 5) is 0.161. The molecule has 2 aromatic carbocycles. The predicted octanol–water partition coefficient (Wildman–Crippen LogP) is 3.72. The van der Waals surface area contributed by atoms with E-state index in [0.29, 0.717) is 5.56 Å². The fourth-order valence-electron chi connectivity index (χ4n) is 1.53. The summed E-state index contributed by atoms with van der Waals surface area (Å²) in [6, 6.07) is 10.3. The molecule has 0 amide bonds. The number of benzene rings is 2. The van der Waals surface area contributed by atoms with Crippen LogP contribution in [-0.2, 0) is 16.6 Å². The number of hydrogen-bond donors (Lipinski definition) is 1. The van der Waals surface area contributed by atoms with Gasteiger partial charge in [-0.05, 0) is 42.0 Å². The first-order valence-corrected chi connectivity index (χ1v) is 8.23. The van der Waals surface area contributed by atoms with Crippen molar-refractivity contribution < 1.29 is 12.8 Å². The lowest BCUT2D eigenvalue weighted by atomic mass is 10.2. The summed E-state index contributed by atoms with van der Waals surface area (Å²) in [5.41, 5.74) is 0.581. The van der Waals surface area contributed by atoms with Crippen LogP contribution in [-0.4, -0.2) is 8.42 Å². The second-order valence-corrected chi connectivity index (χ2v) is 7.12. The summed E-state index contributed by atoms with van der Waals surface area (Å²) in [5.74, 6) is -0.536. The van der Waals surface area contributed by atoms with Crippen LogP contribution in [0.25, 0.3) is 0 Å². The molecule has 0 saturated heterocycles. The maximum Gasteiger partial charge on any atom is 0.240 e. The highest BCUT2D eigenvalue weighted by atomic mass is 79.9. The standard InChI is InChI=1S/C13H10BrClFNO2S/c14-10-2-4-11(5-3-10)20(18,19)17-8-9-1-6-13(16)12(15)7-9/h1-7,17H,8H2. The van der Waals surface area contributed by atoms with Gasteiger partial charge < -0.3 is 0 Å². The van der Waals surface area contributed by atoms with Crippen molar-refractivity contribution in [3.8, 4) is 0 Å². The summed E-state index contributed by atoms with van der Waals surface area (Å²) in [5, 5.41) is -0.0367. The molecule has 0 aliphatic rings. The maximum absolute atomic E-state index is 13.0. The zero-order chi connectivity index (χ0) is 14.8. The van der Waals surface area contributed by atoms with E-state index < -0.39 is 15.8 Å². The van der Waals surface area contributed by atoms with Crippen LogP contribution in [0.5, 0.6) is 0 Å². The Morgan fingerprint density at radius 2 is 1.80 bits per heavy atom. The van der Waals surface area contributed by atoms with E-state index in [1.165, 1.54) is 30.3 Å². The smallest absolute Gasteiger partial charge is 0.207 e. The summed E-state index contributed by atoms with van der Waals surface area (Å²) in [6.07, 6.45) is 0. The Balaban J connectivity index is 2.13. The van der Waals surface area contributed by atoms with Crippen LogP contribution in [0.15, 0.2) is 51.8 Å². The molecule has 2 aromatic rings. The Morgan fingerprint density at radius 3 is 2.40 bits per heavy atom. The highest BCUT2D eigenvalue weighted by Gasteiger charge is 2.13. The molecule has 20 heavy (non-hydrogen) atoms. The van der Waals surface area contributed by atoms with Crippen LogP contribution < -0.4 is 4.72 Å². The first-order valence-electron chi connectivity index (χ1n) is 5.58. The second kappa shape index (κ2) is 6.22. The molecular weight excluding hydrogens is 369 g/mol. The topological polar surface area (TPSA) is 46.2 Å². The van der Waals surface area contributed by atoms with Gasteiger partial charge in [-0.1, -0.05) is 33.6 Å². The van der Waals surface area contributed by atoms with Crippen LogP contribution in [0.3, 0.4) is 0 Å². The van der Waals surface area contributed by atoms with Crippen molar-refractivity contribution in [2.45, 2.75) is 11.4 Å². The third-order valence-electron chi connectivity index (χ3n) is 2.57. The minimum Gasteiger partial charge on any atom is -0.207 e. The van der Waals surface area contributed by atoms with Crippen molar-refractivity contribution in [1.29, 1.82) is 0 Å². The van der Waals surface area contributed by atoms with Gasteiger partial charge in [0.05, 0.1) is 9.92 Å². The average Bonchev–Trinajstić information content (AvgIpc) is 2.41. The van der Waals surface area contributed by atoms with Gasteiger partial charge in [-0.3, -0.25) is 0 Å². The van der Waals surface area contributed by atoms with E-state index >= 15 is 0 Å². The molecule has 0 unspecified atom stereocenters. The molecule has 0 bridgehead atoms. The normalized spacial score (nSPS) is 11.6. The summed E-state index contributed by atoms with van der Waals surface area (Å²) < 4.78 is 40.3. The molecular formula is C13H10BrClFNO2S. The molecule has 0 saturated carbocycles. The molecule has 3 nitrogen and oxygen atoms in total. The second-order valence-electron chi connectivity index (χ2n) is 4.03. The number of sulfonamides is 1. The lowest BCUT2D eigenvalue weighted by Gasteiger charge is -2.07. The monoisotopic (exact) mass is 377 g/mol. The molecule has 0 fully saturated rings. The molecule has 0 heterocycles. The fraction of sp³-hybridized carbons (Fsp3) is 0.0769. The van der Waals surface area contributed by atoms with Crippen LogP contribution in [0.2, 0.25) is 5.02 Å². The van der Waals surface area contributed by atoms with Crippen molar-refractivity contribution in [1.82, 2.24) is 4.72 Å². The minimum atomic E-state index is -3.61. The number of rotatable bonds is 4. The maximum atomic E-state index is 13.0. The van der Waals surface area contributed by atoms with Gasteiger partial charge in [0.15, 0.2) is 0 Å². The molecule has 2 rings (SSSR count). The van der Waals surface area contributed by atoms with Gasteiger partial charge in [0.25, 0.3) is 0 Å². The van der Waals surface area contributed by atoms with E-state index in [1.54, 1.807) is 12.1 Å². The van der Waals surface area contributed by atoms with Gasteiger partial charge in [0.1, 0.15) is 5.82 Å². The highest BCUT2D eigenvalue weighted by Crippen LogP contribution is 2.17.